The molecule has 1 aromatic rings. The summed E-state index contributed by atoms with van der Waals surface area (Å²) in [6.07, 6.45) is 4.26. The van der Waals surface area contributed by atoms with Gasteiger partial charge in [-0.3, -0.25) is 9.69 Å². The van der Waals surface area contributed by atoms with Crippen molar-refractivity contribution in [2.45, 2.75) is 50.3 Å². The maximum Gasteiger partial charge on any atom is 0.279 e. The summed E-state index contributed by atoms with van der Waals surface area (Å²) in [5.41, 5.74) is 4.42. The summed E-state index contributed by atoms with van der Waals surface area (Å²) >= 11 is 0. The molecule has 4 fully saturated rings. The lowest BCUT2D eigenvalue weighted by molar-refractivity contribution is -0.118. The fourth-order valence-electron chi connectivity index (χ4n) is 7.74. The Morgan fingerprint density at radius 2 is 2.19 bits per heavy atom. The number of benzene rings is 1. The van der Waals surface area contributed by atoms with Crippen molar-refractivity contribution in [3.8, 4) is 0 Å². The highest BCUT2D eigenvalue weighted by molar-refractivity contribution is 6.46. The minimum Gasteiger partial charge on any atom is -0.395 e. The molecule has 1 amide bonds. The van der Waals surface area contributed by atoms with Gasteiger partial charge < -0.3 is 14.5 Å². The van der Waals surface area contributed by atoms with Crippen molar-refractivity contribution in [1.82, 2.24) is 4.90 Å². The maximum atomic E-state index is 14.0. The number of anilines is 1. The van der Waals surface area contributed by atoms with Gasteiger partial charge in [0.05, 0.1) is 12.6 Å². The van der Waals surface area contributed by atoms with Crippen molar-refractivity contribution < 1.29 is 14.4 Å². The van der Waals surface area contributed by atoms with Crippen LogP contribution in [-0.2, 0) is 19.8 Å². The number of hydrogen-bond donors (Lipinski definition) is 0. The highest BCUT2D eigenvalue weighted by atomic mass is 16.6. The number of ether oxygens (including phenoxy) is 1. The van der Waals surface area contributed by atoms with Crippen LogP contribution in [0.4, 0.5) is 5.69 Å². The molecule has 0 radical (unpaired) electrons. The van der Waals surface area contributed by atoms with E-state index in [0.717, 1.165) is 31.6 Å². The molecule has 2 bridgehead atoms. The first-order chi connectivity index (χ1) is 15.1. The molecule has 0 N–H and O–H groups in total. The molecule has 0 aromatic heterocycles. The fraction of sp³-hybridized carbons (Fsp3) is 0.600. The van der Waals surface area contributed by atoms with Gasteiger partial charge in [0.1, 0.15) is 12.7 Å². The number of carbonyl (C=O) groups excluding carboxylic acids is 1. The van der Waals surface area contributed by atoms with E-state index < -0.39 is 0 Å². The Morgan fingerprint density at radius 3 is 3.06 bits per heavy atom. The van der Waals surface area contributed by atoms with Crippen LogP contribution in [0.5, 0.6) is 0 Å². The number of para-hydroxylation sites is 1. The van der Waals surface area contributed by atoms with Crippen LogP contribution in [0.3, 0.4) is 0 Å². The van der Waals surface area contributed by atoms with Crippen molar-refractivity contribution in [2.24, 2.45) is 22.9 Å². The Hall–Kier alpha value is -2.18. The quantitative estimate of drug-likeness (QED) is 0.559. The molecule has 1 aliphatic carbocycles. The second-order valence-electron chi connectivity index (χ2n) is 10.5. The van der Waals surface area contributed by atoms with Crippen LogP contribution in [0.1, 0.15) is 32.3 Å². The van der Waals surface area contributed by atoms with E-state index in [1.165, 1.54) is 11.1 Å². The van der Waals surface area contributed by atoms with E-state index >= 15 is 0 Å². The molecule has 5 aliphatic heterocycles. The van der Waals surface area contributed by atoms with Gasteiger partial charge in [0.25, 0.3) is 5.91 Å². The highest BCUT2D eigenvalue weighted by Crippen LogP contribution is 2.65. The van der Waals surface area contributed by atoms with Gasteiger partial charge in [-0.2, -0.15) is 0 Å². The van der Waals surface area contributed by atoms with Crippen molar-refractivity contribution in [2.75, 3.05) is 31.2 Å². The van der Waals surface area contributed by atoms with E-state index in [4.69, 9.17) is 9.57 Å². The summed E-state index contributed by atoms with van der Waals surface area (Å²) in [4.78, 5) is 24.4. The number of oxime groups is 1. The molecular formula is C25H29N3O3. The first-order valence-corrected chi connectivity index (χ1v) is 11.8. The number of fused-ring (bicyclic) bond motifs is 2. The normalized spacial score (nSPS) is 40.8. The number of hydrogen-bond acceptors (Lipinski definition) is 5. The molecule has 1 aromatic carbocycles. The van der Waals surface area contributed by atoms with Crippen LogP contribution < -0.4 is 4.90 Å². The number of rotatable bonds is 3. The van der Waals surface area contributed by atoms with Crippen molar-refractivity contribution in [3.05, 3.63) is 41.5 Å². The van der Waals surface area contributed by atoms with Gasteiger partial charge in [0, 0.05) is 29.6 Å². The molecule has 5 heterocycles. The lowest BCUT2D eigenvalue weighted by atomic mass is 9.53. The lowest BCUT2D eigenvalue weighted by Gasteiger charge is -2.58. The number of nitrogens with zero attached hydrogens (tertiary/aromatic N) is 3. The van der Waals surface area contributed by atoms with Crippen LogP contribution in [-0.4, -0.2) is 61.0 Å². The number of piperidine rings is 2. The number of carbonyl (C=O) groups is 1. The first kappa shape index (κ1) is 18.4. The Labute approximate surface area is 182 Å². The van der Waals surface area contributed by atoms with E-state index in [1.807, 2.05) is 0 Å². The highest BCUT2D eigenvalue weighted by Gasteiger charge is 2.72. The molecule has 1 spiro atoms. The molecule has 7 rings (SSSR count). The van der Waals surface area contributed by atoms with Crippen LogP contribution in [0.2, 0.25) is 0 Å². The van der Waals surface area contributed by atoms with Crippen molar-refractivity contribution in [3.63, 3.8) is 0 Å². The van der Waals surface area contributed by atoms with Gasteiger partial charge >= 0.3 is 0 Å². The van der Waals surface area contributed by atoms with Crippen LogP contribution in [0.15, 0.2) is 41.1 Å². The van der Waals surface area contributed by atoms with Gasteiger partial charge in [0.2, 0.25) is 0 Å². The average Bonchev–Trinajstić information content (AvgIpc) is 3.22. The summed E-state index contributed by atoms with van der Waals surface area (Å²) in [5, 5.41) is 4.44. The topological polar surface area (TPSA) is 54.4 Å². The summed E-state index contributed by atoms with van der Waals surface area (Å²) in [6.45, 7) is 7.39. The molecule has 31 heavy (non-hydrogen) atoms. The zero-order chi connectivity index (χ0) is 20.9. The molecule has 6 nitrogen and oxygen atoms in total. The molecule has 6 atom stereocenters. The summed E-state index contributed by atoms with van der Waals surface area (Å²) in [6, 6.07) is 9.25. The molecule has 162 valence electrons. The van der Waals surface area contributed by atoms with Gasteiger partial charge in [-0.1, -0.05) is 48.9 Å². The third kappa shape index (κ3) is 2.15. The molecule has 6 heteroatoms. The van der Waals surface area contributed by atoms with Crippen molar-refractivity contribution in [1.29, 1.82) is 0 Å². The average molecular weight is 420 g/mol. The van der Waals surface area contributed by atoms with Crippen LogP contribution >= 0.6 is 0 Å². The second kappa shape index (κ2) is 6.20. The van der Waals surface area contributed by atoms with Crippen LogP contribution in [0, 0.1) is 17.8 Å². The minimum absolute atomic E-state index is 0.00915. The second-order valence-corrected chi connectivity index (χ2v) is 10.5. The zero-order valence-corrected chi connectivity index (χ0v) is 18.2. The Bertz CT molecular complexity index is 1030. The van der Waals surface area contributed by atoms with Gasteiger partial charge in [-0.15, -0.1) is 0 Å². The summed E-state index contributed by atoms with van der Waals surface area (Å²) < 4.78 is 6.41. The maximum absolute atomic E-state index is 14.0. The van der Waals surface area contributed by atoms with Gasteiger partial charge in [-0.25, -0.2) is 0 Å². The molecular weight excluding hydrogens is 390 g/mol. The summed E-state index contributed by atoms with van der Waals surface area (Å²) in [7, 11) is 0. The SMILES string of the molecule is CC(C)CO/N=C1/C(=O)N2c3ccccc3[C@@]34CCN5CC6=CCO[C@@H]1[C@@H]([C@H]23)[C@H]6C[C@H]54. The third-order valence-electron chi connectivity index (χ3n) is 8.74. The van der Waals surface area contributed by atoms with Crippen LogP contribution in [0.25, 0.3) is 0 Å². The van der Waals surface area contributed by atoms with Gasteiger partial charge in [0.15, 0.2) is 5.71 Å². The predicted molar refractivity (Wildman–Crippen MR) is 117 cm³/mol. The lowest BCUT2D eigenvalue weighted by Crippen LogP contribution is -2.71. The predicted octanol–water partition coefficient (Wildman–Crippen LogP) is 2.73. The zero-order valence-electron chi connectivity index (χ0n) is 18.2. The standard InChI is InChI=1S/C25H29N3O3/c1-14(2)13-31-26-21-22-20-16-11-19-25(8-9-27(19)12-15(16)7-10-30-22)17-5-3-4-6-18(17)28(23(20)25)24(21)29/h3-7,14,16,19-20,22-23H,8-13H2,1-2H3/b26-21+/t16-,19-,20-,22+,23-,25+/m0/s1. The fourth-order valence-corrected chi connectivity index (χ4v) is 7.74. The molecule has 0 unspecified atom stereocenters. The first-order valence-electron chi connectivity index (χ1n) is 11.8. The summed E-state index contributed by atoms with van der Waals surface area (Å²) in [5.74, 6) is 1.01. The van der Waals surface area contributed by atoms with E-state index in [0.29, 0.717) is 36.8 Å². The smallest absolute Gasteiger partial charge is 0.279 e. The van der Waals surface area contributed by atoms with E-state index in [9.17, 15) is 4.79 Å². The minimum atomic E-state index is -0.293. The van der Waals surface area contributed by atoms with Gasteiger partial charge in [-0.05, 0) is 42.9 Å². The monoisotopic (exact) mass is 419 g/mol. The van der Waals surface area contributed by atoms with E-state index in [-0.39, 0.29) is 29.4 Å². The third-order valence-corrected chi connectivity index (χ3v) is 8.74. The Balaban J connectivity index is 1.44. The molecule has 1 saturated carbocycles. The molecule has 3 saturated heterocycles. The molecule has 6 aliphatic rings. The van der Waals surface area contributed by atoms with E-state index in [2.05, 4.69) is 59.1 Å². The Morgan fingerprint density at radius 1 is 1.32 bits per heavy atom. The largest absolute Gasteiger partial charge is 0.395 e. The Kier molecular flexibility index (Phi) is 3.68. The number of amides is 1. The van der Waals surface area contributed by atoms with Crippen molar-refractivity contribution >= 4 is 17.3 Å². The van der Waals surface area contributed by atoms with E-state index in [1.54, 1.807) is 0 Å².